The van der Waals surface area contributed by atoms with Crippen LogP contribution < -0.4 is 10.1 Å². The highest BCUT2D eigenvalue weighted by Gasteiger charge is 2.48. The number of benzene rings is 1. The molecular formula is C16H23NO2. The molecule has 1 heterocycles. The van der Waals surface area contributed by atoms with Crippen LogP contribution in [-0.2, 0) is 11.2 Å². The van der Waals surface area contributed by atoms with Crippen LogP contribution in [0.5, 0.6) is 5.75 Å². The van der Waals surface area contributed by atoms with Crippen molar-refractivity contribution in [3.05, 3.63) is 29.8 Å². The highest BCUT2D eigenvalue weighted by molar-refractivity contribution is 5.37. The molecule has 1 fully saturated rings. The van der Waals surface area contributed by atoms with Crippen molar-refractivity contribution in [2.75, 3.05) is 13.7 Å². The molecule has 3 heteroatoms. The molecule has 2 aliphatic rings. The zero-order chi connectivity index (χ0) is 13.5. The molecule has 0 aromatic heterocycles. The van der Waals surface area contributed by atoms with E-state index in [0.717, 1.165) is 25.1 Å². The third-order valence-corrected chi connectivity index (χ3v) is 4.77. The van der Waals surface area contributed by atoms with E-state index in [1.165, 1.54) is 5.56 Å². The molecule has 0 saturated heterocycles. The third-order valence-electron chi connectivity index (χ3n) is 4.77. The predicted octanol–water partition coefficient (Wildman–Crippen LogP) is 2.39. The van der Waals surface area contributed by atoms with Crippen LogP contribution in [0.4, 0.5) is 0 Å². The van der Waals surface area contributed by atoms with Crippen molar-refractivity contribution in [2.24, 2.45) is 5.41 Å². The molecule has 0 radical (unpaired) electrons. The van der Waals surface area contributed by atoms with Crippen LogP contribution in [0, 0.1) is 5.41 Å². The standard InChI is InChI=1S/C16H23NO2/c1-16(2)14(9-15(16)18-3)17-10-12-8-11-6-4-5-7-13(11)19-12/h4-7,12,14-15,17H,8-10H2,1-3H3. The van der Waals surface area contributed by atoms with E-state index in [1.54, 1.807) is 7.11 Å². The Balaban J connectivity index is 1.51. The first-order valence-electron chi connectivity index (χ1n) is 7.12. The maximum Gasteiger partial charge on any atom is 0.123 e. The highest BCUT2D eigenvalue weighted by atomic mass is 16.5. The van der Waals surface area contributed by atoms with Gasteiger partial charge >= 0.3 is 0 Å². The molecule has 19 heavy (non-hydrogen) atoms. The summed E-state index contributed by atoms with van der Waals surface area (Å²) in [4.78, 5) is 0. The Bertz CT molecular complexity index is 433. The van der Waals surface area contributed by atoms with E-state index in [9.17, 15) is 0 Å². The van der Waals surface area contributed by atoms with Gasteiger partial charge in [-0.3, -0.25) is 0 Å². The first-order valence-corrected chi connectivity index (χ1v) is 7.12. The van der Waals surface area contributed by atoms with Gasteiger partial charge in [-0.25, -0.2) is 0 Å². The zero-order valence-corrected chi connectivity index (χ0v) is 12.0. The lowest BCUT2D eigenvalue weighted by Gasteiger charge is -2.51. The maximum atomic E-state index is 5.95. The second-order valence-corrected chi connectivity index (χ2v) is 6.29. The predicted molar refractivity (Wildman–Crippen MR) is 75.5 cm³/mol. The van der Waals surface area contributed by atoms with Gasteiger partial charge in [-0.15, -0.1) is 0 Å². The Labute approximate surface area is 115 Å². The largest absolute Gasteiger partial charge is 0.488 e. The van der Waals surface area contributed by atoms with Crippen LogP contribution in [0.15, 0.2) is 24.3 Å². The van der Waals surface area contributed by atoms with E-state index in [0.29, 0.717) is 12.1 Å². The molecule has 3 atom stereocenters. The summed E-state index contributed by atoms with van der Waals surface area (Å²) in [5.74, 6) is 1.05. The number of hydrogen-bond acceptors (Lipinski definition) is 3. The minimum atomic E-state index is 0.222. The molecule has 1 aromatic carbocycles. The summed E-state index contributed by atoms with van der Waals surface area (Å²) < 4.78 is 11.4. The molecule has 0 spiro atoms. The van der Waals surface area contributed by atoms with Crippen LogP contribution in [0.1, 0.15) is 25.8 Å². The second-order valence-electron chi connectivity index (χ2n) is 6.29. The summed E-state index contributed by atoms with van der Waals surface area (Å²) in [6.45, 7) is 5.46. The molecule has 0 bridgehead atoms. The molecule has 104 valence electrons. The van der Waals surface area contributed by atoms with E-state index in [-0.39, 0.29) is 11.5 Å². The molecule has 1 N–H and O–H groups in total. The second kappa shape index (κ2) is 4.80. The fraction of sp³-hybridized carbons (Fsp3) is 0.625. The van der Waals surface area contributed by atoms with Gasteiger partial charge in [0.1, 0.15) is 11.9 Å². The number of para-hydroxylation sites is 1. The van der Waals surface area contributed by atoms with Crippen molar-refractivity contribution in [1.82, 2.24) is 5.32 Å². The van der Waals surface area contributed by atoms with Gasteiger partial charge in [0, 0.05) is 31.5 Å². The van der Waals surface area contributed by atoms with Crippen molar-refractivity contribution in [3.8, 4) is 5.75 Å². The Kier molecular flexibility index (Phi) is 3.27. The van der Waals surface area contributed by atoms with Crippen LogP contribution in [0.3, 0.4) is 0 Å². The number of methoxy groups -OCH3 is 1. The monoisotopic (exact) mass is 261 g/mol. The van der Waals surface area contributed by atoms with E-state index >= 15 is 0 Å². The molecule has 1 aliphatic heterocycles. The first kappa shape index (κ1) is 12.9. The van der Waals surface area contributed by atoms with E-state index in [2.05, 4.69) is 37.4 Å². The Hall–Kier alpha value is -1.06. The van der Waals surface area contributed by atoms with Gasteiger partial charge in [-0.05, 0) is 18.1 Å². The van der Waals surface area contributed by atoms with Crippen LogP contribution >= 0.6 is 0 Å². The fourth-order valence-electron chi connectivity index (χ4n) is 3.27. The number of nitrogens with one attached hydrogen (secondary N) is 1. The van der Waals surface area contributed by atoms with Gasteiger partial charge in [0.15, 0.2) is 0 Å². The number of hydrogen-bond donors (Lipinski definition) is 1. The van der Waals surface area contributed by atoms with Gasteiger partial charge in [-0.1, -0.05) is 32.0 Å². The van der Waals surface area contributed by atoms with Gasteiger partial charge < -0.3 is 14.8 Å². The van der Waals surface area contributed by atoms with Crippen molar-refractivity contribution in [2.45, 2.75) is 44.9 Å². The first-order chi connectivity index (χ1) is 9.11. The minimum Gasteiger partial charge on any atom is -0.488 e. The van der Waals surface area contributed by atoms with Crippen LogP contribution in [0.25, 0.3) is 0 Å². The lowest BCUT2D eigenvalue weighted by Crippen LogP contribution is -2.61. The van der Waals surface area contributed by atoms with Crippen molar-refractivity contribution in [1.29, 1.82) is 0 Å². The summed E-state index contributed by atoms with van der Waals surface area (Å²) in [5, 5.41) is 3.65. The molecule has 1 saturated carbocycles. The van der Waals surface area contributed by atoms with Gasteiger partial charge in [0.25, 0.3) is 0 Å². The van der Waals surface area contributed by atoms with E-state index in [4.69, 9.17) is 9.47 Å². The molecular weight excluding hydrogens is 238 g/mol. The van der Waals surface area contributed by atoms with Crippen LogP contribution in [0.2, 0.25) is 0 Å². The number of rotatable bonds is 4. The SMILES string of the molecule is COC1CC(NCC2Cc3ccccc3O2)C1(C)C. The Morgan fingerprint density at radius 3 is 2.84 bits per heavy atom. The quantitative estimate of drug-likeness (QED) is 0.902. The molecule has 0 amide bonds. The summed E-state index contributed by atoms with van der Waals surface area (Å²) in [6, 6.07) is 8.86. The third kappa shape index (κ3) is 2.26. The van der Waals surface area contributed by atoms with Crippen molar-refractivity contribution < 1.29 is 9.47 Å². The highest BCUT2D eigenvalue weighted by Crippen LogP contribution is 2.42. The maximum absolute atomic E-state index is 5.95. The van der Waals surface area contributed by atoms with Gasteiger partial charge in [0.2, 0.25) is 0 Å². The average molecular weight is 261 g/mol. The summed E-state index contributed by atoms with van der Waals surface area (Å²) >= 11 is 0. The lowest BCUT2D eigenvalue weighted by atomic mass is 9.64. The Morgan fingerprint density at radius 2 is 2.16 bits per heavy atom. The molecule has 3 unspecified atom stereocenters. The summed E-state index contributed by atoms with van der Waals surface area (Å²) in [7, 11) is 1.80. The molecule has 1 aromatic rings. The normalized spacial score (nSPS) is 31.4. The zero-order valence-electron chi connectivity index (χ0n) is 12.0. The number of fused-ring (bicyclic) bond motifs is 1. The van der Waals surface area contributed by atoms with Gasteiger partial charge in [0.05, 0.1) is 6.10 Å². The topological polar surface area (TPSA) is 30.5 Å². The van der Waals surface area contributed by atoms with E-state index in [1.807, 2.05) is 6.07 Å². The molecule has 3 nitrogen and oxygen atoms in total. The summed E-state index contributed by atoms with van der Waals surface area (Å²) in [6.07, 6.45) is 2.77. The minimum absolute atomic E-state index is 0.222. The summed E-state index contributed by atoms with van der Waals surface area (Å²) in [5.41, 5.74) is 1.55. The van der Waals surface area contributed by atoms with Crippen molar-refractivity contribution in [3.63, 3.8) is 0 Å². The van der Waals surface area contributed by atoms with Gasteiger partial charge in [-0.2, -0.15) is 0 Å². The van der Waals surface area contributed by atoms with Crippen LogP contribution in [-0.4, -0.2) is 31.9 Å². The molecule has 3 rings (SSSR count). The molecule has 1 aliphatic carbocycles. The Morgan fingerprint density at radius 1 is 1.37 bits per heavy atom. The average Bonchev–Trinajstić information content (AvgIpc) is 2.80. The lowest BCUT2D eigenvalue weighted by molar-refractivity contribution is -0.0986. The van der Waals surface area contributed by atoms with E-state index < -0.39 is 0 Å². The van der Waals surface area contributed by atoms with Crippen molar-refractivity contribution >= 4 is 0 Å². The number of ether oxygens (including phenoxy) is 2. The fourth-order valence-corrected chi connectivity index (χ4v) is 3.27. The smallest absolute Gasteiger partial charge is 0.123 e.